The molecule has 4 nitrogen and oxygen atoms in total. The fourth-order valence-electron chi connectivity index (χ4n) is 4.37. The van der Waals surface area contributed by atoms with Crippen LogP contribution in [0.15, 0.2) is 66.4 Å². The highest BCUT2D eigenvalue weighted by molar-refractivity contribution is 6.46. The van der Waals surface area contributed by atoms with Crippen molar-refractivity contribution in [2.75, 3.05) is 16.3 Å². The lowest BCUT2D eigenvalue weighted by Gasteiger charge is -2.22. The number of carbonyl (C=O) groups is 2. The van der Waals surface area contributed by atoms with Crippen LogP contribution in [0.1, 0.15) is 22.3 Å². The Hall–Kier alpha value is -3.80. The summed E-state index contributed by atoms with van der Waals surface area (Å²) in [6.45, 7) is 4.40. The number of fused-ring (bicyclic) bond motifs is 1. The predicted octanol–water partition coefficient (Wildman–Crippen LogP) is 4.93. The number of para-hydroxylation sites is 1. The molecule has 0 fully saturated rings. The van der Waals surface area contributed by atoms with Gasteiger partial charge in [0.05, 0.1) is 11.3 Å². The van der Waals surface area contributed by atoms with E-state index < -0.39 is 23.4 Å². The van der Waals surface area contributed by atoms with Crippen LogP contribution >= 0.6 is 0 Å². The fourth-order valence-corrected chi connectivity index (χ4v) is 4.37. The van der Waals surface area contributed by atoms with Crippen molar-refractivity contribution in [1.82, 2.24) is 0 Å². The maximum absolute atomic E-state index is 14.6. The number of rotatable bonds is 3. The Balaban J connectivity index is 1.72. The molecule has 0 saturated heterocycles. The van der Waals surface area contributed by atoms with Crippen molar-refractivity contribution in [1.29, 1.82) is 0 Å². The second-order valence-corrected chi connectivity index (χ2v) is 8.09. The van der Waals surface area contributed by atoms with Gasteiger partial charge in [0, 0.05) is 18.3 Å². The van der Waals surface area contributed by atoms with E-state index in [4.69, 9.17) is 0 Å². The van der Waals surface area contributed by atoms with E-state index in [0.717, 1.165) is 51.9 Å². The van der Waals surface area contributed by atoms with Crippen LogP contribution in [-0.4, -0.2) is 18.4 Å². The Bertz CT molecular complexity index is 1330. The van der Waals surface area contributed by atoms with Gasteiger partial charge in [-0.15, -0.1) is 0 Å². The summed E-state index contributed by atoms with van der Waals surface area (Å²) >= 11 is 0. The maximum Gasteiger partial charge on any atom is 0.282 e. The van der Waals surface area contributed by atoms with Gasteiger partial charge in [0.2, 0.25) is 0 Å². The number of nitrogens with zero attached hydrogens (tertiary/aromatic N) is 2. The van der Waals surface area contributed by atoms with Gasteiger partial charge >= 0.3 is 0 Å². The van der Waals surface area contributed by atoms with Crippen LogP contribution in [0.4, 0.5) is 20.2 Å². The molecule has 32 heavy (non-hydrogen) atoms. The quantitative estimate of drug-likeness (QED) is 0.554. The molecule has 2 heterocycles. The van der Waals surface area contributed by atoms with Crippen LogP contribution in [0.3, 0.4) is 0 Å². The van der Waals surface area contributed by atoms with Crippen molar-refractivity contribution in [3.8, 4) is 0 Å². The summed E-state index contributed by atoms with van der Waals surface area (Å²) in [5.41, 5.74) is 4.49. The third-order valence-electron chi connectivity index (χ3n) is 6.16. The zero-order chi connectivity index (χ0) is 22.6. The van der Waals surface area contributed by atoms with Crippen LogP contribution in [0.2, 0.25) is 0 Å². The van der Waals surface area contributed by atoms with E-state index >= 15 is 0 Å². The Kier molecular flexibility index (Phi) is 4.66. The first-order chi connectivity index (χ1) is 15.4. The lowest BCUT2D eigenvalue weighted by Crippen LogP contribution is -2.35. The molecule has 160 valence electrons. The minimum atomic E-state index is -0.837. The van der Waals surface area contributed by atoms with Gasteiger partial charge in [0.15, 0.2) is 0 Å². The molecule has 6 heteroatoms. The van der Waals surface area contributed by atoms with Gasteiger partial charge in [-0.1, -0.05) is 36.4 Å². The Labute approximate surface area is 184 Å². The summed E-state index contributed by atoms with van der Waals surface area (Å²) in [4.78, 5) is 29.8. The number of halogens is 2. The molecule has 5 rings (SSSR count). The highest BCUT2D eigenvalue weighted by Crippen LogP contribution is 2.40. The maximum atomic E-state index is 14.6. The van der Waals surface area contributed by atoms with Gasteiger partial charge in [-0.05, 0) is 60.7 Å². The highest BCUT2D eigenvalue weighted by atomic mass is 19.1. The van der Waals surface area contributed by atoms with Crippen LogP contribution in [0.25, 0.3) is 5.57 Å². The molecule has 0 aromatic heterocycles. The average molecular weight is 430 g/mol. The van der Waals surface area contributed by atoms with E-state index in [1.807, 2.05) is 55.1 Å². The summed E-state index contributed by atoms with van der Waals surface area (Å²) in [7, 11) is 0. The van der Waals surface area contributed by atoms with Crippen molar-refractivity contribution >= 4 is 28.8 Å². The molecular weight excluding hydrogens is 410 g/mol. The summed E-state index contributed by atoms with van der Waals surface area (Å²) in [6, 6.07) is 16.0. The summed E-state index contributed by atoms with van der Waals surface area (Å²) < 4.78 is 28.5. The molecule has 0 atom stereocenters. The molecule has 2 amide bonds. The lowest BCUT2D eigenvalue weighted by atomic mass is 9.99. The first-order valence-corrected chi connectivity index (χ1v) is 10.4. The number of aryl methyl sites for hydroxylation is 2. The second kappa shape index (κ2) is 7.41. The van der Waals surface area contributed by atoms with Crippen LogP contribution < -0.4 is 9.80 Å². The van der Waals surface area contributed by atoms with Gasteiger partial charge in [0.25, 0.3) is 11.8 Å². The highest BCUT2D eigenvalue weighted by Gasteiger charge is 2.45. The normalized spacial score (nSPS) is 15.8. The van der Waals surface area contributed by atoms with Crippen molar-refractivity contribution in [2.24, 2.45) is 0 Å². The minimum Gasteiger partial charge on any atom is -0.336 e. The number of imide groups is 1. The van der Waals surface area contributed by atoms with E-state index in [1.165, 1.54) is 0 Å². The third kappa shape index (κ3) is 3.02. The molecule has 0 bridgehead atoms. The van der Waals surface area contributed by atoms with Gasteiger partial charge in [-0.3, -0.25) is 9.59 Å². The van der Waals surface area contributed by atoms with E-state index in [9.17, 15) is 18.4 Å². The lowest BCUT2D eigenvalue weighted by molar-refractivity contribution is -0.120. The summed E-state index contributed by atoms with van der Waals surface area (Å²) in [6.07, 6.45) is 0.718. The van der Waals surface area contributed by atoms with Gasteiger partial charge < -0.3 is 4.90 Å². The van der Waals surface area contributed by atoms with Gasteiger partial charge in [-0.25, -0.2) is 13.7 Å². The third-order valence-corrected chi connectivity index (χ3v) is 6.16. The summed E-state index contributed by atoms with van der Waals surface area (Å²) in [5, 5.41) is 0. The van der Waals surface area contributed by atoms with E-state index in [0.29, 0.717) is 12.1 Å². The molecule has 0 saturated carbocycles. The van der Waals surface area contributed by atoms with E-state index in [2.05, 4.69) is 0 Å². The fraction of sp³-hybridized carbons (Fsp3) is 0.154. The van der Waals surface area contributed by atoms with Crippen molar-refractivity contribution in [3.63, 3.8) is 0 Å². The number of carbonyl (C=O) groups excluding carboxylic acids is 2. The zero-order valence-electron chi connectivity index (χ0n) is 17.7. The van der Waals surface area contributed by atoms with Crippen molar-refractivity contribution < 1.29 is 18.4 Å². The first kappa shape index (κ1) is 20.1. The van der Waals surface area contributed by atoms with Crippen molar-refractivity contribution in [2.45, 2.75) is 20.3 Å². The molecule has 0 spiro atoms. The molecule has 3 aromatic carbocycles. The minimum absolute atomic E-state index is 0.187. The molecule has 0 N–H and O–H groups in total. The van der Waals surface area contributed by atoms with Crippen LogP contribution in [0.5, 0.6) is 0 Å². The van der Waals surface area contributed by atoms with Crippen LogP contribution in [0, 0.1) is 25.5 Å². The Morgan fingerprint density at radius 3 is 2.38 bits per heavy atom. The number of hydrogen-bond acceptors (Lipinski definition) is 3. The molecule has 0 aliphatic carbocycles. The van der Waals surface area contributed by atoms with E-state index in [1.54, 1.807) is 6.07 Å². The number of benzene rings is 3. The molecule has 0 unspecified atom stereocenters. The molecule has 3 aromatic rings. The summed E-state index contributed by atoms with van der Waals surface area (Å²) in [5.74, 6) is -2.89. The number of amides is 2. The van der Waals surface area contributed by atoms with E-state index in [-0.39, 0.29) is 17.0 Å². The second-order valence-electron chi connectivity index (χ2n) is 8.09. The SMILES string of the molecule is Cc1ccc(C2=C(N3CCc4ccccc43)C(=O)N(c3cc(F)ccc3F)C2=O)cc1C. The molecule has 2 aliphatic rings. The standard InChI is InChI=1S/C26H20F2N2O2/c1-15-7-8-18(13-16(15)2)23-24(29-12-11-17-5-3-4-6-21(17)29)26(32)30(25(23)31)22-14-19(27)9-10-20(22)28/h3-10,13-14H,11-12H2,1-2H3. The number of anilines is 2. The molecule has 0 radical (unpaired) electrons. The first-order valence-electron chi connectivity index (χ1n) is 10.4. The molecular formula is C26H20F2N2O2. The smallest absolute Gasteiger partial charge is 0.282 e. The topological polar surface area (TPSA) is 40.6 Å². The largest absolute Gasteiger partial charge is 0.336 e. The van der Waals surface area contributed by atoms with Gasteiger partial charge in [0.1, 0.15) is 17.3 Å². The monoisotopic (exact) mass is 430 g/mol. The molecule has 2 aliphatic heterocycles. The van der Waals surface area contributed by atoms with Crippen molar-refractivity contribution in [3.05, 3.63) is 100 Å². The zero-order valence-corrected chi connectivity index (χ0v) is 17.7. The number of hydrogen-bond donors (Lipinski definition) is 0. The average Bonchev–Trinajstić information content (AvgIpc) is 3.30. The van der Waals surface area contributed by atoms with Gasteiger partial charge in [-0.2, -0.15) is 0 Å². The Morgan fingerprint density at radius 1 is 0.812 bits per heavy atom. The Morgan fingerprint density at radius 2 is 1.59 bits per heavy atom. The van der Waals surface area contributed by atoms with Crippen LogP contribution in [-0.2, 0) is 16.0 Å². The predicted molar refractivity (Wildman–Crippen MR) is 119 cm³/mol.